The number of halogens is 5. The molecule has 3 rings (SSSR count). The van der Waals surface area contributed by atoms with Gasteiger partial charge in [0.15, 0.2) is 5.65 Å². The summed E-state index contributed by atoms with van der Waals surface area (Å²) >= 11 is 0. The van der Waals surface area contributed by atoms with E-state index in [1.807, 2.05) is 0 Å². The molecule has 0 N–H and O–H groups in total. The maximum atomic E-state index is 13.6. The number of aromatic nitrogens is 4. The fraction of sp³-hybridized carbons (Fsp3) is 0.0833. The van der Waals surface area contributed by atoms with Crippen LogP contribution >= 0.6 is 0 Å². The smallest absolute Gasteiger partial charge is 0.241 e. The van der Waals surface area contributed by atoms with Crippen LogP contribution in [-0.4, -0.2) is 19.7 Å². The Morgan fingerprint density at radius 3 is 2.29 bits per heavy atom. The van der Waals surface area contributed by atoms with Gasteiger partial charge in [-0.3, -0.25) is 0 Å². The minimum Gasteiger partial charge on any atom is -0.241 e. The van der Waals surface area contributed by atoms with Crippen molar-refractivity contribution in [2.24, 2.45) is 0 Å². The first-order valence-electron chi connectivity index (χ1n) is 5.60. The Balaban J connectivity index is 2.19. The van der Waals surface area contributed by atoms with E-state index in [1.54, 1.807) is 0 Å². The molecule has 0 fully saturated rings. The minimum atomic E-state index is -2.91. The molecular weight excluding hydrogens is 295 g/mol. The summed E-state index contributed by atoms with van der Waals surface area (Å²) in [5.74, 6) is -3.40. The number of alkyl halides is 2. The number of rotatable bonds is 2. The van der Waals surface area contributed by atoms with Crippen LogP contribution in [0.15, 0.2) is 24.5 Å². The Labute approximate surface area is 113 Å². The Morgan fingerprint density at radius 1 is 1.00 bits per heavy atom. The zero-order chi connectivity index (χ0) is 15.1. The minimum absolute atomic E-state index is 0.0593. The van der Waals surface area contributed by atoms with E-state index < -0.39 is 29.6 Å². The standard InChI is InChI=1S/C12H5F5N4/c13-5-1-6(14)10(7(15)2-5)8-3-18-11-9(20-8)4-19-21(11)12(16)17/h1-4,12H. The van der Waals surface area contributed by atoms with Crippen molar-refractivity contribution in [3.63, 3.8) is 0 Å². The van der Waals surface area contributed by atoms with Gasteiger partial charge in [0.25, 0.3) is 0 Å². The van der Waals surface area contributed by atoms with Crippen LogP contribution in [0.2, 0.25) is 0 Å². The van der Waals surface area contributed by atoms with E-state index in [0.29, 0.717) is 16.8 Å². The molecule has 3 aromatic rings. The molecule has 0 unspecified atom stereocenters. The molecule has 0 amide bonds. The molecule has 2 heterocycles. The van der Waals surface area contributed by atoms with Gasteiger partial charge in [-0.05, 0) is 0 Å². The average molecular weight is 300 g/mol. The quantitative estimate of drug-likeness (QED) is 0.682. The zero-order valence-corrected chi connectivity index (χ0v) is 10.1. The highest BCUT2D eigenvalue weighted by atomic mass is 19.3. The van der Waals surface area contributed by atoms with E-state index in [9.17, 15) is 22.0 Å². The molecule has 1 aromatic carbocycles. The normalized spacial score (nSPS) is 11.5. The highest BCUT2D eigenvalue weighted by Gasteiger charge is 2.18. The van der Waals surface area contributed by atoms with Gasteiger partial charge in [-0.1, -0.05) is 0 Å². The number of hydrogen-bond donors (Lipinski definition) is 0. The molecule has 0 atom stereocenters. The van der Waals surface area contributed by atoms with Gasteiger partial charge in [-0.2, -0.15) is 18.6 Å². The van der Waals surface area contributed by atoms with Crippen LogP contribution in [0.3, 0.4) is 0 Å². The molecule has 21 heavy (non-hydrogen) atoms. The van der Waals surface area contributed by atoms with Crippen LogP contribution in [0.5, 0.6) is 0 Å². The third-order valence-corrected chi connectivity index (χ3v) is 2.75. The number of fused-ring (bicyclic) bond motifs is 1. The molecule has 0 aliphatic heterocycles. The summed E-state index contributed by atoms with van der Waals surface area (Å²) in [5, 5.41) is 3.38. The summed E-state index contributed by atoms with van der Waals surface area (Å²) in [4.78, 5) is 7.49. The predicted molar refractivity (Wildman–Crippen MR) is 61.9 cm³/mol. The number of nitrogens with zero attached hydrogens (tertiary/aromatic N) is 4. The third-order valence-electron chi connectivity index (χ3n) is 2.75. The lowest BCUT2D eigenvalue weighted by atomic mass is 10.1. The van der Waals surface area contributed by atoms with E-state index in [-0.39, 0.29) is 16.9 Å². The maximum Gasteiger partial charge on any atom is 0.335 e. The van der Waals surface area contributed by atoms with Gasteiger partial charge in [-0.25, -0.2) is 23.1 Å². The van der Waals surface area contributed by atoms with E-state index in [4.69, 9.17) is 0 Å². The highest BCUT2D eigenvalue weighted by Crippen LogP contribution is 2.26. The summed E-state index contributed by atoms with van der Waals surface area (Å²) in [6, 6.07) is 0.986. The second-order valence-corrected chi connectivity index (χ2v) is 4.08. The molecule has 0 saturated carbocycles. The van der Waals surface area contributed by atoms with Crippen molar-refractivity contribution < 1.29 is 22.0 Å². The predicted octanol–water partition coefficient (Wildman–Crippen LogP) is 3.31. The SMILES string of the molecule is Fc1cc(F)c(-c2cnc3c(cnn3C(F)F)n2)c(F)c1. The van der Waals surface area contributed by atoms with Gasteiger partial charge in [0.1, 0.15) is 23.0 Å². The third kappa shape index (κ3) is 2.20. The Morgan fingerprint density at radius 2 is 1.67 bits per heavy atom. The van der Waals surface area contributed by atoms with Crippen molar-refractivity contribution in [1.29, 1.82) is 0 Å². The molecule has 4 nitrogen and oxygen atoms in total. The van der Waals surface area contributed by atoms with Crippen molar-refractivity contribution in [2.75, 3.05) is 0 Å². The summed E-state index contributed by atoms with van der Waals surface area (Å²) in [5.41, 5.74) is -1.12. The first kappa shape index (κ1) is 13.4. The number of benzene rings is 1. The monoisotopic (exact) mass is 300 g/mol. The lowest BCUT2D eigenvalue weighted by Gasteiger charge is -2.05. The molecule has 0 radical (unpaired) electrons. The first-order valence-corrected chi connectivity index (χ1v) is 5.60. The van der Waals surface area contributed by atoms with E-state index in [2.05, 4.69) is 15.1 Å². The summed E-state index contributed by atoms with van der Waals surface area (Å²) in [7, 11) is 0. The molecule has 0 spiro atoms. The van der Waals surface area contributed by atoms with Crippen LogP contribution in [0.1, 0.15) is 6.55 Å². The molecule has 9 heteroatoms. The van der Waals surface area contributed by atoms with Gasteiger partial charge in [0.05, 0.1) is 23.7 Å². The van der Waals surface area contributed by atoms with Crippen LogP contribution in [0.4, 0.5) is 22.0 Å². The second kappa shape index (κ2) is 4.76. The summed E-state index contributed by atoms with van der Waals surface area (Å²) < 4.78 is 65.7. The van der Waals surface area contributed by atoms with Gasteiger partial charge in [-0.15, -0.1) is 0 Å². The maximum absolute atomic E-state index is 13.6. The molecule has 0 saturated heterocycles. The van der Waals surface area contributed by atoms with Gasteiger partial charge < -0.3 is 0 Å². The average Bonchev–Trinajstić information content (AvgIpc) is 2.80. The molecule has 0 bridgehead atoms. The molecule has 0 aliphatic rings. The van der Waals surface area contributed by atoms with Crippen LogP contribution in [0.25, 0.3) is 22.4 Å². The van der Waals surface area contributed by atoms with E-state index >= 15 is 0 Å². The number of hydrogen-bond acceptors (Lipinski definition) is 3. The van der Waals surface area contributed by atoms with Crippen molar-refractivity contribution in [2.45, 2.75) is 6.55 Å². The van der Waals surface area contributed by atoms with E-state index in [0.717, 1.165) is 12.4 Å². The Hall–Kier alpha value is -2.58. The van der Waals surface area contributed by atoms with Crippen LogP contribution in [0, 0.1) is 17.5 Å². The molecule has 0 aliphatic carbocycles. The lowest BCUT2D eigenvalue weighted by molar-refractivity contribution is 0.0608. The molecular formula is C12H5F5N4. The first-order chi connectivity index (χ1) is 9.97. The molecule has 2 aromatic heterocycles. The van der Waals surface area contributed by atoms with Crippen molar-refractivity contribution in [3.8, 4) is 11.3 Å². The van der Waals surface area contributed by atoms with Crippen molar-refractivity contribution >= 4 is 11.2 Å². The highest BCUT2D eigenvalue weighted by molar-refractivity contribution is 5.73. The van der Waals surface area contributed by atoms with Gasteiger partial charge in [0, 0.05) is 12.1 Å². The fourth-order valence-corrected chi connectivity index (χ4v) is 1.88. The van der Waals surface area contributed by atoms with Gasteiger partial charge in [0.2, 0.25) is 0 Å². The summed E-state index contributed by atoms with van der Waals surface area (Å²) in [6.45, 7) is -2.91. The van der Waals surface area contributed by atoms with Crippen molar-refractivity contribution in [3.05, 3.63) is 42.0 Å². The lowest BCUT2D eigenvalue weighted by Crippen LogP contribution is -2.02. The zero-order valence-electron chi connectivity index (χ0n) is 10.1. The molecule has 108 valence electrons. The Bertz CT molecular complexity index is 807. The second-order valence-electron chi connectivity index (χ2n) is 4.08. The van der Waals surface area contributed by atoms with Crippen molar-refractivity contribution in [1.82, 2.24) is 19.7 Å². The topological polar surface area (TPSA) is 43.6 Å². The van der Waals surface area contributed by atoms with Crippen LogP contribution < -0.4 is 0 Å². The Kier molecular flexibility index (Phi) is 3.04. The fourth-order valence-electron chi connectivity index (χ4n) is 1.88. The van der Waals surface area contributed by atoms with Crippen LogP contribution in [-0.2, 0) is 0 Å². The van der Waals surface area contributed by atoms with E-state index in [1.165, 1.54) is 0 Å². The largest absolute Gasteiger partial charge is 0.335 e. The van der Waals surface area contributed by atoms with Gasteiger partial charge >= 0.3 is 6.55 Å². The summed E-state index contributed by atoms with van der Waals surface area (Å²) in [6.07, 6.45) is 1.92.